The molecule has 5 heteroatoms. The molecule has 0 aromatic heterocycles. The lowest BCUT2D eigenvalue weighted by Crippen LogP contribution is -2.46. The predicted molar refractivity (Wildman–Crippen MR) is 59.9 cm³/mol. The average molecular weight is 226 g/mol. The molecule has 0 bridgehead atoms. The summed E-state index contributed by atoms with van der Waals surface area (Å²) in [6, 6.07) is 0. The van der Waals surface area contributed by atoms with Crippen molar-refractivity contribution >= 4 is 11.8 Å². The zero-order valence-electron chi connectivity index (χ0n) is 9.65. The van der Waals surface area contributed by atoms with Gasteiger partial charge in [0.25, 0.3) is 0 Å². The van der Waals surface area contributed by atoms with Gasteiger partial charge < -0.3 is 14.5 Å². The second kappa shape index (κ2) is 6.27. The van der Waals surface area contributed by atoms with E-state index in [1.165, 1.54) is 11.8 Å². The summed E-state index contributed by atoms with van der Waals surface area (Å²) in [7, 11) is 0. The summed E-state index contributed by atoms with van der Waals surface area (Å²) in [4.78, 5) is 26.3. The Labute approximate surface area is 95.6 Å². The van der Waals surface area contributed by atoms with E-state index in [1.807, 2.05) is 0 Å². The maximum atomic E-state index is 11.8. The lowest BCUT2D eigenvalue weighted by molar-refractivity contribution is -0.141. The second-order valence-electron chi connectivity index (χ2n) is 3.68. The van der Waals surface area contributed by atoms with Gasteiger partial charge in [-0.3, -0.25) is 9.59 Å². The first-order valence-corrected chi connectivity index (χ1v) is 5.37. The number of carbonyl (C=O) groups is 2. The lowest BCUT2D eigenvalue weighted by atomic mass is 10.3. The summed E-state index contributed by atoms with van der Waals surface area (Å²) in [6.45, 7) is 7.93. The maximum absolute atomic E-state index is 11.8. The molecule has 90 valence electrons. The molecule has 0 aromatic rings. The van der Waals surface area contributed by atoms with Crippen LogP contribution in [-0.4, -0.2) is 61.0 Å². The summed E-state index contributed by atoms with van der Waals surface area (Å²) in [6.07, 6.45) is 1.62. The van der Waals surface area contributed by atoms with Crippen molar-refractivity contribution in [1.29, 1.82) is 0 Å². The molecule has 1 aliphatic rings. The number of hydrogen-bond donors (Lipinski definition) is 0. The van der Waals surface area contributed by atoms with Gasteiger partial charge in [-0.25, -0.2) is 0 Å². The van der Waals surface area contributed by atoms with Crippen LogP contribution in [0.1, 0.15) is 6.92 Å². The molecule has 0 aliphatic carbocycles. The number of amides is 2. The number of carbonyl (C=O) groups excluding carboxylic acids is 2. The van der Waals surface area contributed by atoms with Crippen molar-refractivity contribution in [2.24, 2.45) is 0 Å². The van der Waals surface area contributed by atoms with E-state index in [2.05, 4.69) is 6.58 Å². The first-order valence-electron chi connectivity index (χ1n) is 5.37. The van der Waals surface area contributed by atoms with Gasteiger partial charge in [0.05, 0.1) is 13.2 Å². The average Bonchev–Trinajstić information content (AvgIpc) is 2.29. The molecule has 0 unspecified atom stereocenters. The minimum absolute atomic E-state index is 0.0275. The van der Waals surface area contributed by atoms with Gasteiger partial charge in [-0.15, -0.1) is 6.58 Å². The summed E-state index contributed by atoms with van der Waals surface area (Å²) in [5.74, 6) is -0.137. The summed E-state index contributed by atoms with van der Waals surface area (Å²) in [5.41, 5.74) is 0. The summed E-state index contributed by atoms with van der Waals surface area (Å²) >= 11 is 0. The maximum Gasteiger partial charge on any atom is 0.242 e. The molecule has 0 aromatic carbocycles. The van der Waals surface area contributed by atoms with E-state index in [0.717, 1.165) is 0 Å². The van der Waals surface area contributed by atoms with Crippen LogP contribution in [0.15, 0.2) is 12.7 Å². The first kappa shape index (κ1) is 12.7. The molecule has 1 aliphatic heterocycles. The van der Waals surface area contributed by atoms with Gasteiger partial charge in [-0.1, -0.05) is 6.08 Å². The molecule has 2 amide bonds. The minimum atomic E-state index is -0.110. The van der Waals surface area contributed by atoms with E-state index < -0.39 is 0 Å². The molecule has 0 radical (unpaired) electrons. The van der Waals surface area contributed by atoms with E-state index >= 15 is 0 Å². The third kappa shape index (κ3) is 3.66. The molecule has 0 N–H and O–H groups in total. The third-order valence-electron chi connectivity index (χ3n) is 2.48. The van der Waals surface area contributed by atoms with Crippen molar-refractivity contribution in [3.63, 3.8) is 0 Å². The van der Waals surface area contributed by atoms with E-state index in [0.29, 0.717) is 32.8 Å². The van der Waals surface area contributed by atoms with E-state index in [1.54, 1.807) is 11.0 Å². The Hall–Kier alpha value is -1.36. The van der Waals surface area contributed by atoms with Crippen LogP contribution in [-0.2, 0) is 14.3 Å². The first-order chi connectivity index (χ1) is 7.65. The largest absolute Gasteiger partial charge is 0.378 e. The topological polar surface area (TPSA) is 49.9 Å². The summed E-state index contributed by atoms with van der Waals surface area (Å²) in [5, 5.41) is 0. The smallest absolute Gasteiger partial charge is 0.242 e. The molecule has 16 heavy (non-hydrogen) atoms. The number of hydrogen-bond acceptors (Lipinski definition) is 3. The predicted octanol–water partition coefficient (Wildman–Crippen LogP) is -0.120. The van der Waals surface area contributed by atoms with Crippen LogP contribution >= 0.6 is 0 Å². The lowest BCUT2D eigenvalue weighted by Gasteiger charge is -2.29. The van der Waals surface area contributed by atoms with E-state index in [9.17, 15) is 9.59 Å². The monoisotopic (exact) mass is 226 g/mol. The fourth-order valence-electron chi connectivity index (χ4n) is 1.54. The fourth-order valence-corrected chi connectivity index (χ4v) is 1.54. The Balaban J connectivity index is 2.46. The highest BCUT2D eigenvalue weighted by molar-refractivity contribution is 5.84. The molecule has 0 spiro atoms. The zero-order valence-corrected chi connectivity index (χ0v) is 9.65. The molecule has 1 saturated heterocycles. The van der Waals surface area contributed by atoms with Crippen molar-refractivity contribution in [3.8, 4) is 0 Å². The van der Waals surface area contributed by atoms with Crippen LogP contribution in [0.4, 0.5) is 0 Å². The molecular formula is C11H18N2O3. The van der Waals surface area contributed by atoms with Crippen LogP contribution in [0.5, 0.6) is 0 Å². The van der Waals surface area contributed by atoms with E-state index in [4.69, 9.17) is 4.74 Å². The molecule has 0 saturated carbocycles. The highest BCUT2D eigenvalue weighted by Gasteiger charge is 2.20. The van der Waals surface area contributed by atoms with Gasteiger partial charge >= 0.3 is 0 Å². The Bertz CT molecular complexity index is 272. The minimum Gasteiger partial charge on any atom is -0.378 e. The highest BCUT2D eigenvalue weighted by Crippen LogP contribution is 2.00. The van der Waals surface area contributed by atoms with Gasteiger partial charge in [0.1, 0.15) is 6.54 Å². The summed E-state index contributed by atoms with van der Waals surface area (Å²) < 4.78 is 5.16. The normalized spacial score (nSPS) is 15.7. The Morgan fingerprint density at radius 1 is 1.44 bits per heavy atom. The number of morpholine rings is 1. The van der Waals surface area contributed by atoms with Gasteiger partial charge in [0.15, 0.2) is 0 Å². The zero-order chi connectivity index (χ0) is 12.0. The van der Waals surface area contributed by atoms with Crippen LogP contribution in [0.3, 0.4) is 0 Å². The van der Waals surface area contributed by atoms with Crippen LogP contribution in [0.25, 0.3) is 0 Å². The van der Waals surface area contributed by atoms with Gasteiger partial charge in [0.2, 0.25) is 11.8 Å². The third-order valence-corrected chi connectivity index (χ3v) is 2.48. The fraction of sp³-hybridized carbons (Fsp3) is 0.636. The van der Waals surface area contributed by atoms with Gasteiger partial charge in [-0.2, -0.15) is 0 Å². The molecule has 1 heterocycles. The highest BCUT2D eigenvalue weighted by atomic mass is 16.5. The number of rotatable bonds is 4. The Morgan fingerprint density at radius 2 is 2.06 bits per heavy atom. The van der Waals surface area contributed by atoms with Gasteiger partial charge in [-0.05, 0) is 0 Å². The quantitative estimate of drug-likeness (QED) is 0.628. The Morgan fingerprint density at radius 3 is 2.56 bits per heavy atom. The van der Waals surface area contributed by atoms with Crippen LogP contribution < -0.4 is 0 Å². The van der Waals surface area contributed by atoms with Crippen molar-refractivity contribution in [2.75, 3.05) is 39.4 Å². The van der Waals surface area contributed by atoms with Crippen molar-refractivity contribution in [1.82, 2.24) is 9.80 Å². The van der Waals surface area contributed by atoms with Gasteiger partial charge in [0, 0.05) is 26.6 Å². The van der Waals surface area contributed by atoms with Crippen molar-refractivity contribution in [2.45, 2.75) is 6.92 Å². The molecule has 1 rings (SSSR count). The SMILES string of the molecule is C=CCN(CC(=O)N1CCOCC1)C(C)=O. The standard InChI is InChI=1S/C11H18N2O3/c1-3-4-13(10(2)14)9-11(15)12-5-7-16-8-6-12/h3H,1,4-9H2,2H3. The van der Waals surface area contributed by atoms with E-state index in [-0.39, 0.29) is 18.4 Å². The van der Waals surface area contributed by atoms with Crippen molar-refractivity contribution < 1.29 is 14.3 Å². The second-order valence-corrected chi connectivity index (χ2v) is 3.68. The molecule has 0 atom stereocenters. The molecular weight excluding hydrogens is 208 g/mol. The molecule has 5 nitrogen and oxygen atoms in total. The Kier molecular flexibility index (Phi) is 4.98. The van der Waals surface area contributed by atoms with Crippen LogP contribution in [0.2, 0.25) is 0 Å². The van der Waals surface area contributed by atoms with Crippen molar-refractivity contribution in [3.05, 3.63) is 12.7 Å². The molecule has 1 fully saturated rings. The van der Waals surface area contributed by atoms with Crippen LogP contribution in [0, 0.1) is 0 Å². The number of ether oxygens (including phenoxy) is 1. The number of nitrogens with zero attached hydrogens (tertiary/aromatic N) is 2.